The van der Waals surface area contributed by atoms with Crippen LogP contribution in [0, 0.1) is 6.92 Å². The van der Waals surface area contributed by atoms with Crippen molar-refractivity contribution < 1.29 is 15.0 Å². The molecule has 0 saturated carbocycles. The van der Waals surface area contributed by atoms with E-state index in [0.717, 1.165) is 36.8 Å². The molecule has 1 aliphatic rings. The van der Waals surface area contributed by atoms with Crippen molar-refractivity contribution in [2.45, 2.75) is 51.5 Å². The normalized spacial score (nSPS) is 15.8. The molecule has 0 aromatic heterocycles. The summed E-state index contributed by atoms with van der Waals surface area (Å²) in [5.41, 5.74) is 9.86. The molecule has 1 aromatic carbocycles. The highest BCUT2D eigenvalue weighted by Crippen LogP contribution is 2.42. The molecular weight excluding hydrogens is 278 g/mol. The number of carbonyl (C=O) groups is 1. The summed E-state index contributed by atoms with van der Waals surface area (Å²) in [5.74, 6) is -0.857. The lowest BCUT2D eigenvalue weighted by molar-refractivity contribution is -0.137. The van der Waals surface area contributed by atoms with E-state index in [1.165, 1.54) is 5.56 Å². The summed E-state index contributed by atoms with van der Waals surface area (Å²) in [6.45, 7) is 1.94. The predicted octanol–water partition coefficient (Wildman–Crippen LogP) is 3.10. The molecule has 0 aliphatic heterocycles. The lowest BCUT2D eigenvalue weighted by Crippen LogP contribution is -2.17. The fourth-order valence-corrected chi connectivity index (χ4v) is 3.35. The smallest absolute Gasteiger partial charge is 0.303 e. The number of halogens is 1. The summed E-state index contributed by atoms with van der Waals surface area (Å²) in [7, 11) is 0. The molecule has 0 heterocycles. The monoisotopic (exact) mass is 297 g/mol. The van der Waals surface area contributed by atoms with Gasteiger partial charge in [0, 0.05) is 18.0 Å². The first kappa shape index (κ1) is 15.1. The van der Waals surface area contributed by atoms with Crippen molar-refractivity contribution in [1.29, 1.82) is 0 Å². The molecular formula is C15H20ClNO3. The third-order valence-corrected chi connectivity index (χ3v) is 4.50. The molecule has 0 spiro atoms. The first-order valence-corrected chi connectivity index (χ1v) is 7.31. The van der Waals surface area contributed by atoms with Crippen LogP contribution in [0.4, 0.5) is 0 Å². The molecule has 5 heteroatoms. The first-order chi connectivity index (χ1) is 9.43. The molecule has 1 unspecified atom stereocenters. The second-order valence-electron chi connectivity index (χ2n) is 5.40. The minimum Gasteiger partial charge on any atom is -0.506 e. The van der Waals surface area contributed by atoms with Crippen LogP contribution in [0.5, 0.6) is 5.75 Å². The van der Waals surface area contributed by atoms with Crippen LogP contribution in [0.15, 0.2) is 0 Å². The van der Waals surface area contributed by atoms with Gasteiger partial charge in [-0.3, -0.25) is 4.79 Å². The predicted molar refractivity (Wildman–Crippen MR) is 78.3 cm³/mol. The van der Waals surface area contributed by atoms with Crippen LogP contribution in [0.1, 0.15) is 54.0 Å². The van der Waals surface area contributed by atoms with Crippen LogP contribution in [-0.2, 0) is 17.6 Å². The Morgan fingerprint density at radius 3 is 2.55 bits per heavy atom. The number of carboxylic acids is 1. The Bertz CT molecular complexity index is 543. The van der Waals surface area contributed by atoms with E-state index in [-0.39, 0.29) is 12.2 Å². The van der Waals surface area contributed by atoms with Gasteiger partial charge >= 0.3 is 5.97 Å². The van der Waals surface area contributed by atoms with Crippen molar-refractivity contribution in [3.63, 3.8) is 0 Å². The number of carboxylic acid groups (broad SMARTS) is 1. The summed E-state index contributed by atoms with van der Waals surface area (Å²) in [6, 6.07) is -0.504. The summed E-state index contributed by atoms with van der Waals surface area (Å²) in [4.78, 5) is 10.7. The van der Waals surface area contributed by atoms with Gasteiger partial charge in [-0.1, -0.05) is 11.6 Å². The molecule has 0 fully saturated rings. The molecule has 20 heavy (non-hydrogen) atoms. The van der Waals surface area contributed by atoms with Gasteiger partial charge in [-0.15, -0.1) is 0 Å². The molecule has 1 atom stereocenters. The quantitative estimate of drug-likeness (QED) is 0.797. The van der Waals surface area contributed by atoms with E-state index in [0.29, 0.717) is 17.0 Å². The zero-order chi connectivity index (χ0) is 14.9. The topological polar surface area (TPSA) is 83.5 Å². The Hall–Kier alpha value is -1.26. The third-order valence-electron chi connectivity index (χ3n) is 4.09. The van der Waals surface area contributed by atoms with Gasteiger partial charge in [0.15, 0.2) is 0 Å². The van der Waals surface area contributed by atoms with E-state index in [4.69, 9.17) is 22.4 Å². The lowest BCUT2D eigenvalue weighted by atomic mass is 9.83. The highest BCUT2D eigenvalue weighted by atomic mass is 35.5. The van der Waals surface area contributed by atoms with Crippen molar-refractivity contribution in [2.24, 2.45) is 5.73 Å². The first-order valence-electron chi connectivity index (χ1n) is 6.93. The van der Waals surface area contributed by atoms with Gasteiger partial charge in [0.1, 0.15) is 5.75 Å². The fraction of sp³-hybridized carbons (Fsp3) is 0.533. The van der Waals surface area contributed by atoms with Gasteiger partial charge < -0.3 is 15.9 Å². The molecule has 1 aromatic rings. The van der Waals surface area contributed by atoms with Crippen LogP contribution < -0.4 is 5.73 Å². The number of hydrogen-bond acceptors (Lipinski definition) is 3. The summed E-state index contributed by atoms with van der Waals surface area (Å²) >= 11 is 6.27. The minimum atomic E-state index is -0.887. The molecule has 0 bridgehead atoms. The van der Waals surface area contributed by atoms with Crippen molar-refractivity contribution in [3.8, 4) is 5.75 Å². The van der Waals surface area contributed by atoms with Crippen LogP contribution in [0.3, 0.4) is 0 Å². The standard InChI is InChI=1S/C15H20ClNO3/c1-8-9-4-2-3-5-10(9)14(16)15(20)13(8)11(17)6-7-12(18)19/h11,20H,2-7,17H2,1H3,(H,18,19). The Kier molecular flexibility index (Phi) is 4.55. The second kappa shape index (κ2) is 6.02. The summed E-state index contributed by atoms with van der Waals surface area (Å²) < 4.78 is 0. The molecule has 4 nitrogen and oxygen atoms in total. The number of rotatable bonds is 4. The summed E-state index contributed by atoms with van der Waals surface area (Å²) in [5, 5.41) is 19.5. The van der Waals surface area contributed by atoms with Crippen LogP contribution in [-0.4, -0.2) is 16.2 Å². The molecule has 0 amide bonds. The Morgan fingerprint density at radius 2 is 1.95 bits per heavy atom. The Balaban J connectivity index is 2.42. The number of phenolic OH excluding ortho intramolecular Hbond substituents is 1. The van der Waals surface area contributed by atoms with Crippen molar-refractivity contribution in [1.82, 2.24) is 0 Å². The maximum Gasteiger partial charge on any atom is 0.303 e. The molecule has 110 valence electrons. The number of phenols is 1. The third kappa shape index (κ3) is 2.76. The highest BCUT2D eigenvalue weighted by Gasteiger charge is 2.25. The van der Waals surface area contributed by atoms with Gasteiger partial charge in [-0.2, -0.15) is 0 Å². The zero-order valence-electron chi connectivity index (χ0n) is 11.6. The maximum absolute atomic E-state index is 10.7. The van der Waals surface area contributed by atoms with E-state index in [9.17, 15) is 9.90 Å². The molecule has 0 radical (unpaired) electrons. The number of nitrogens with two attached hydrogens (primary N) is 1. The average Bonchev–Trinajstić information content (AvgIpc) is 2.43. The average molecular weight is 298 g/mol. The molecule has 1 aliphatic carbocycles. The fourth-order valence-electron chi connectivity index (χ4n) is 3.04. The van der Waals surface area contributed by atoms with E-state index >= 15 is 0 Å². The Labute approximate surface area is 123 Å². The number of aromatic hydroxyl groups is 1. The zero-order valence-corrected chi connectivity index (χ0v) is 12.3. The van der Waals surface area contributed by atoms with Gasteiger partial charge in [-0.05, 0) is 55.7 Å². The van der Waals surface area contributed by atoms with Crippen LogP contribution in [0.2, 0.25) is 5.02 Å². The minimum absolute atomic E-state index is 0.0191. The number of hydrogen-bond donors (Lipinski definition) is 3. The van der Waals surface area contributed by atoms with Crippen molar-refractivity contribution >= 4 is 17.6 Å². The van der Waals surface area contributed by atoms with E-state index in [1.807, 2.05) is 6.92 Å². The number of aliphatic carboxylic acids is 1. The van der Waals surface area contributed by atoms with Gasteiger partial charge in [0.25, 0.3) is 0 Å². The molecule has 0 saturated heterocycles. The van der Waals surface area contributed by atoms with E-state index in [1.54, 1.807) is 0 Å². The Morgan fingerprint density at radius 1 is 1.35 bits per heavy atom. The second-order valence-corrected chi connectivity index (χ2v) is 5.78. The number of fused-ring (bicyclic) bond motifs is 1. The van der Waals surface area contributed by atoms with Gasteiger partial charge in [0.2, 0.25) is 0 Å². The van der Waals surface area contributed by atoms with Crippen LogP contribution in [0.25, 0.3) is 0 Å². The molecule has 2 rings (SSSR count). The maximum atomic E-state index is 10.7. The summed E-state index contributed by atoms with van der Waals surface area (Å²) in [6.07, 6.45) is 4.29. The SMILES string of the molecule is Cc1c2c(c(Cl)c(O)c1C(N)CCC(=O)O)CCCC2. The lowest BCUT2D eigenvalue weighted by Gasteiger charge is -2.25. The number of benzene rings is 1. The van der Waals surface area contributed by atoms with Crippen molar-refractivity contribution in [3.05, 3.63) is 27.3 Å². The van der Waals surface area contributed by atoms with Gasteiger partial charge in [0.05, 0.1) is 5.02 Å². The van der Waals surface area contributed by atoms with Crippen LogP contribution >= 0.6 is 11.6 Å². The molecule has 4 N–H and O–H groups in total. The largest absolute Gasteiger partial charge is 0.506 e. The van der Waals surface area contributed by atoms with E-state index in [2.05, 4.69) is 0 Å². The van der Waals surface area contributed by atoms with Gasteiger partial charge in [-0.25, -0.2) is 0 Å². The van der Waals surface area contributed by atoms with Crippen molar-refractivity contribution in [2.75, 3.05) is 0 Å². The van der Waals surface area contributed by atoms with E-state index < -0.39 is 12.0 Å². The highest BCUT2D eigenvalue weighted by molar-refractivity contribution is 6.33.